The van der Waals surface area contributed by atoms with Crippen molar-refractivity contribution < 1.29 is 0 Å². The molecule has 0 bridgehead atoms. The van der Waals surface area contributed by atoms with Crippen molar-refractivity contribution in [3.63, 3.8) is 0 Å². The highest BCUT2D eigenvalue weighted by atomic mass is 32.2. The standard InChI is InChI=1S/C10H13N3S/c1-8-2-4-9(5-3-8)12-13-10-11-6-7-14-10/h2-5,12H,6-7H2,1H3,(H,11,13). The maximum Gasteiger partial charge on any atom is 0.175 e. The first kappa shape index (κ1) is 9.40. The van der Waals surface area contributed by atoms with Gasteiger partial charge in [0.25, 0.3) is 0 Å². The fourth-order valence-corrected chi connectivity index (χ4v) is 1.85. The van der Waals surface area contributed by atoms with E-state index in [2.05, 4.69) is 34.9 Å². The van der Waals surface area contributed by atoms with E-state index in [4.69, 9.17) is 0 Å². The van der Waals surface area contributed by atoms with Crippen molar-refractivity contribution in [2.24, 2.45) is 4.99 Å². The fourth-order valence-electron chi connectivity index (χ4n) is 1.17. The summed E-state index contributed by atoms with van der Waals surface area (Å²) in [6, 6.07) is 8.24. The number of benzene rings is 1. The van der Waals surface area contributed by atoms with E-state index in [1.165, 1.54) is 5.56 Å². The van der Waals surface area contributed by atoms with Crippen molar-refractivity contribution in [1.82, 2.24) is 5.43 Å². The molecule has 74 valence electrons. The van der Waals surface area contributed by atoms with Crippen LogP contribution in [0.15, 0.2) is 29.3 Å². The zero-order valence-electron chi connectivity index (χ0n) is 8.08. The van der Waals surface area contributed by atoms with Crippen LogP contribution >= 0.6 is 11.8 Å². The molecule has 0 saturated heterocycles. The molecule has 0 fully saturated rings. The fraction of sp³-hybridized carbons (Fsp3) is 0.300. The summed E-state index contributed by atoms with van der Waals surface area (Å²) in [6.45, 7) is 3.00. The van der Waals surface area contributed by atoms with Crippen molar-refractivity contribution in [1.29, 1.82) is 0 Å². The average molecular weight is 207 g/mol. The average Bonchev–Trinajstić information content (AvgIpc) is 2.70. The summed E-state index contributed by atoms with van der Waals surface area (Å²) in [4.78, 5) is 4.27. The molecule has 0 unspecified atom stereocenters. The second kappa shape index (κ2) is 4.37. The van der Waals surface area contributed by atoms with E-state index in [0.29, 0.717) is 0 Å². The van der Waals surface area contributed by atoms with E-state index < -0.39 is 0 Å². The first-order valence-electron chi connectivity index (χ1n) is 4.60. The van der Waals surface area contributed by atoms with E-state index in [0.717, 1.165) is 23.2 Å². The second-order valence-electron chi connectivity index (χ2n) is 3.15. The van der Waals surface area contributed by atoms with E-state index in [1.54, 1.807) is 11.8 Å². The molecule has 0 spiro atoms. The van der Waals surface area contributed by atoms with Gasteiger partial charge >= 0.3 is 0 Å². The Bertz CT molecular complexity index is 332. The first-order chi connectivity index (χ1) is 6.84. The summed E-state index contributed by atoms with van der Waals surface area (Å²) in [6.07, 6.45) is 0. The third-order valence-electron chi connectivity index (χ3n) is 1.95. The molecule has 0 radical (unpaired) electrons. The molecular weight excluding hydrogens is 194 g/mol. The lowest BCUT2D eigenvalue weighted by Crippen LogP contribution is -2.25. The number of rotatable bonds is 2. The Hall–Kier alpha value is -1.16. The summed E-state index contributed by atoms with van der Waals surface area (Å²) in [5.41, 5.74) is 8.52. The number of anilines is 1. The highest BCUT2D eigenvalue weighted by Crippen LogP contribution is 2.11. The second-order valence-corrected chi connectivity index (χ2v) is 4.23. The van der Waals surface area contributed by atoms with Crippen LogP contribution in [0.1, 0.15) is 5.56 Å². The Balaban J connectivity index is 1.88. The van der Waals surface area contributed by atoms with Gasteiger partial charge in [-0.3, -0.25) is 15.8 Å². The van der Waals surface area contributed by atoms with Crippen molar-refractivity contribution in [3.05, 3.63) is 29.8 Å². The van der Waals surface area contributed by atoms with Crippen molar-refractivity contribution >= 4 is 22.6 Å². The van der Waals surface area contributed by atoms with Gasteiger partial charge in [0.05, 0.1) is 12.2 Å². The van der Waals surface area contributed by atoms with Gasteiger partial charge in [-0.05, 0) is 19.1 Å². The number of hydrogen-bond donors (Lipinski definition) is 2. The maximum absolute atomic E-state index is 4.27. The molecule has 1 aromatic carbocycles. The van der Waals surface area contributed by atoms with Crippen LogP contribution in [0, 0.1) is 6.92 Å². The summed E-state index contributed by atoms with van der Waals surface area (Å²) >= 11 is 1.74. The van der Waals surface area contributed by atoms with Crippen LogP contribution in [0.5, 0.6) is 0 Å². The number of hydrazine groups is 1. The van der Waals surface area contributed by atoms with Gasteiger partial charge in [-0.15, -0.1) is 0 Å². The Labute approximate surface area is 88.0 Å². The maximum atomic E-state index is 4.27. The molecule has 1 heterocycles. The molecule has 0 saturated carbocycles. The number of nitrogens with one attached hydrogen (secondary N) is 2. The molecule has 1 aliphatic heterocycles. The summed E-state index contributed by atoms with van der Waals surface area (Å²) < 4.78 is 0. The predicted molar refractivity (Wildman–Crippen MR) is 62.7 cm³/mol. The number of aryl methyl sites for hydroxylation is 1. The largest absolute Gasteiger partial charge is 0.299 e. The van der Waals surface area contributed by atoms with Gasteiger partial charge in [0.2, 0.25) is 0 Å². The van der Waals surface area contributed by atoms with Gasteiger partial charge in [0.1, 0.15) is 0 Å². The zero-order chi connectivity index (χ0) is 9.80. The van der Waals surface area contributed by atoms with Gasteiger partial charge in [-0.1, -0.05) is 29.5 Å². The van der Waals surface area contributed by atoms with Crippen LogP contribution < -0.4 is 10.9 Å². The normalized spacial score (nSPS) is 15.1. The molecule has 0 aliphatic carbocycles. The Morgan fingerprint density at radius 2 is 2.00 bits per heavy atom. The van der Waals surface area contributed by atoms with Crippen LogP contribution in [0.3, 0.4) is 0 Å². The van der Waals surface area contributed by atoms with Crippen LogP contribution in [-0.2, 0) is 0 Å². The zero-order valence-corrected chi connectivity index (χ0v) is 8.90. The number of aliphatic imine (C=N–C) groups is 1. The van der Waals surface area contributed by atoms with Gasteiger partial charge < -0.3 is 0 Å². The van der Waals surface area contributed by atoms with E-state index in [9.17, 15) is 0 Å². The molecule has 14 heavy (non-hydrogen) atoms. The monoisotopic (exact) mass is 207 g/mol. The van der Waals surface area contributed by atoms with Crippen molar-refractivity contribution in [3.8, 4) is 0 Å². The Morgan fingerprint density at radius 3 is 2.64 bits per heavy atom. The molecule has 0 amide bonds. The molecule has 0 aromatic heterocycles. The summed E-state index contributed by atoms with van der Waals surface area (Å²) in [7, 11) is 0. The molecule has 2 rings (SSSR count). The molecular formula is C10H13N3S. The Morgan fingerprint density at radius 1 is 1.21 bits per heavy atom. The quantitative estimate of drug-likeness (QED) is 0.728. The predicted octanol–water partition coefficient (Wildman–Crippen LogP) is 2.01. The topological polar surface area (TPSA) is 36.4 Å². The minimum atomic E-state index is 0.919. The smallest absolute Gasteiger partial charge is 0.175 e. The highest BCUT2D eigenvalue weighted by Gasteiger charge is 2.04. The van der Waals surface area contributed by atoms with Crippen LogP contribution in [0.25, 0.3) is 0 Å². The highest BCUT2D eigenvalue weighted by molar-refractivity contribution is 8.14. The first-order valence-corrected chi connectivity index (χ1v) is 5.59. The van der Waals surface area contributed by atoms with Gasteiger partial charge in [-0.2, -0.15) is 0 Å². The van der Waals surface area contributed by atoms with Crippen LogP contribution in [-0.4, -0.2) is 17.5 Å². The number of hydrogen-bond acceptors (Lipinski definition) is 4. The molecule has 1 aromatic rings. The van der Waals surface area contributed by atoms with Crippen molar-refractivity contribution in [2.45, 2.75) is 6.92 Å². The lowest BCUT2D eigenvalue weighted by molar-refractivity contribution is 1.10. The van der Waals surface area contributed by atoms with E-state index in [-0.39, 0.29) is 0 Å². The third-order valence-corrected chi connectivity index (χ3v) is 2.84. The molecule has 2 N–H and O–H groups in total. The van der Waals surface area contributed by atoms with Crippen LogP contribution in [0.2, 0.25) is 0 Å². The molecule has 0 atom stereocenters. The van der Waals surface area contributed by atoms with Gasteiger partial charge in [0.15, 0.2) is 5.17 Å². The molecule has 3 nitrogen and oxygen atoms in total. The summed E-state index contributed by atoms with van der Waals surface area (Å²) in [5, 5.41) is 0.977. The Kier molecular flexibility index (Phi) is 2.93. The van der Waals surface area contributed by atoms with Crippen molar-refractivity contribution in [2.75, 3.05) is 17.7 Å². The van der Waals surface area contributed by atoms with E-state index in [1.807, 2.05) is 12.1 Å². The lowest BCUT2D eigenvalue weighted by atomic mass is 10.2. The van der Waals surface area contributed by atoms with Crippen LogP contribution in [0.4, 0.5) is 5.69 Å². The molecule has 1 aliphatic rings. The summed E-state index contributed by atoms with van der Waals surface area (Å²) in [5.74, 6) is 1.08. The molecule has 4 heteroatoms. The van der Waals surface area contributed by atoms with Gasteiger partial charge in [0, 0.05) is 5.75 Å². The number of thioether (sulfide) groups is 1. The van der Waals surface area contributed by atoms with E-state index >= 15 is 0 Å². The third kappa shape index (κ3) is 2.42. The van der Waals surface area contributed by atoms with Gasteiger partial charge in [-0.25, -0.2) is 0 Å². The lowest BCUT2D eigenvalue weighted by Gasteiger charge is -2.08. The minimum Gasteiger partial charge on any atom is -0.299 e. The number of amidine groups is 1. The number of nitrogens with zero attached hydrogens (tertiary/aromatic N) is 1. The minimum absolute atomic E-state index is 0.919. The SMILES string of the molecule is Cc1ccc(NNC2=NCCS2)cc1.